The summed E-state index contributed by atoms with van der Waals surface area (Å²) in [6.45, 7) is 5.20. The standard InChI is InChI=1S/C16H20N4O/c1-12-7-13(2)9-14(8-12)10-20(3)11-16(21)18-15-5-4-6-17-19-15/h4-9H,10-11H2,1-3H3,(H,18,19,21). The van der Waals surface area contributed by atoms with Crippen molar-refractivity contribution in [2.75, 3.05) is 18.9 Å². The number of aromatic nitrogens is 2. The third-order valence-corrected chi connectivity index (χ3v) is 2.99. The quantitative estimate of drug-likeness (QED) is 0.914. The maximum Gasteiger partial charge on any atom is 0.239 e. The molecule has 0 aliphatic carbocycles. The number of amides is 1. The Kier molecular flexibility index (Phi) is 5.00. The molecular weight excluding hydrogens is 264 g/mol. The summed E-state index contributed by atoms with van der Waals surface area (Å²) in [5, 5.41) is 10.3. The molecule has 0 saturated carbocycles. The fourth-order valence-corrected chi connectivity index (χ4v) is 2.32. The van der Waals surface area contributed by atoms with Gasteiger partial charge in [0, 0.05) is 12.7 Å². The average molecular weight is 284 g/mol. The molecule has 0 fully saturated rings. The molecule has 0 bridgehead atoms. The Labute approximate surface area is 125 Å². The van der Waals surface area contributed by atoms with E-state index in [0.29, 0.717) is 12.4 Å². The number of rotatable bonds is 5. The second kappa shape index (κ2) is 6.95. The van der Waals surface area contributed by atoms with Gasteiger partial charge in [-0.3, -0.25) is 9.69 Å². The van der Waals surface area contributed by atoms with Crippen LogP contribution in [-0.4, -0.2) is 34.6 Å². The number of hydrogen-bond acceptors (Lipinski definition) is 4. The number of benzene rings is 1. The Morgan fingerprint density at radius 3 is 2.57 bits per heavy atom. The van der Waals surface area contributed by atoms with E-state index in [0.717, 1.165) is 6.54 Å². The zero-order valence-electron chi connectivity index (χ0n) is 12.6. The highest BCUT2D eigenvalue weighted by molar-refractivity contribution is 5.91. The monoisotopic (exact) mass is 284 g/mol. The van der Waals surface area contributed by atoms with Gasteiger partial charge in [0.25, 0.3) is 0 Å². The van der Waals surface area contributed by atoms with Crippen molar-refractivity contribution in [3.05, 3.63) is 53.2 Å². The lowest BCUT2D eigenvalue weighted by Crippen LogP contribution is -2.30. The van der Waals surface area contributed by atoms with E-state index in [-0.39, 0.29) is 5.91 Å². The minimum absolute atomic E-state index is 0.0950. The van der Waals surface area contributed by atoms with Crippen LogP contribution in [0.2, 0.25) is 0 Å². The summed E-state index contributed by atoms with van der Waals surface area (Å²) in [4.78, 5) is 13.9. The van der Waals surface area contributed by atoms with Gasteiger partial charge >= 0.3 is 0 Å². The van der Waals surface area contributed by atoms with Crippen molar-refractivity contribution in [1.82, 2.24) is 15.1 Å². The molecule has 1 aromatic carbocycles. The molecule has 5 heteroatoms. The van der Waals surface area contributed by atoms with Crippen molar-refractivity contribution >= 4 is 11.7 Å². The summed E-state index contributed by atoms with van der Waals surface area (Å²) in [5.41, 5.74) is 3.69. The summed E-state index contributed by atoms with van der Waals surface area (Å²) >= 11 is 0. The molecule has 0 atom stereocenters. The molecule has 1 amide bonds. The van der Waals surface area contributed by atoms with Crippen molar-refractivity contribution in [3.63, 3.8) is 0 Å². The zero-order valence-corrected chi connectivity index (χ0v) is 12.6. The van der Waals surface area contributed by atoms with Gasteiger partial charge in [0.15, 0.2) is 5.82 Å². The number of nitrogens with one attached hydrogen (secondary N) is 1. The molecule has 1 N–H and O–H groups in total. The minimum Gasteiger partial charge on any atom is -0.308 e. The maximum atomic E-state index is 11.9. The molecule has 21 heavy (non-hydrogen) atoms. The van der Waals surface area contributed by atoms with Crippen LogP contribution in [0.1, 0.15) is 16.7 Å². The number of aryl methyl sites for hydroxylation is 2. The highest BCUT2D eigenvalue weighted by atomic mass is 16.2. The SMILES string of the molecule is Cc1cc(C)cc(CN(C)CC(=O)Nc2cccnn2)c1. The summed E-state index contributed by atoms with van der Waals surface area (Å²) in [6.07, 6.45) is 1.57. The molecule has 0 saturated heterocycles. The molecule has 1 aromatic heterocycles. The molecule has 1 heterocycles. The predicted molar refractivity (Wildman–Crippen MR) is 82.9 cm³/mol. The fourth-order valence-electron chi connectivity index (χ4n) is 2.32. The lowest BCUT2D eigenvalue weighted by molar-refractivity contribution is -0.117. The molecule has 0 radical (unpaired) electrons. The van der Waals surface area contributed by atoms with Gasteiger partial charge < -0.3 is 5.32 Å². The van der Waals surface area contributed by atoms with E-state index >= 15 is 0 Å². The normalized spacial score (nSPS) is 10.7. The first-order chi connectivity index (χ1) is 10.0. The van der Waals surface area contributed by atoms with Crippen molar-refractivity contribution in [3.8, 4) is 0 Å². The van der Waals surface area contributed by atoms with Crippen molar-refractivity contribution in [1.29, 1.82) is 0 Å². The van der Waals surface area contributed by atoms with E-state index < -0.39 is 0 Å². The molecule has 5 nitrogen and oxygen atoms in total. The number of hydrogen-bond donors (Lipinski definition) is 1. The topological polar surface area (TPSA) is 58.1 Å². The number of anilines is 1. The second-order valence-electron chi connectivity index (χ2n) is 5.33. The highest BCUT2D eigenvalue weighted by Crippen LogP contribution is 2.10. The van der Waals surface area contributed by atoms with Gasteiger partial charge in [-0.1, -0.05) is 29.3 Å². The molecule has 2 aromatic rings. The Bertz CT molecular complexity index is 593. The largest absolute Gasteiger partial charge is 0.308 e. The van der Waals surface area contributed by atoms with Gasteiger partial charge in [-0.05, 0) is 38.6 Å². The van der Waals surface area contributed by atoms with E-state index in [1.165, 1.54) is 16.7 Å². The van der Waals surface area contributed by atoms with E-state index in [1.54, 1.807) is 18.3 Å². The van der Waals surface area contributed by atoms with Crippen molar-refractivity contribution in [2.24, 2.45) is 0 Å². The predicted octanol–water partition coefficient (Wildman–Crippen LogP) is 2.16. The molecule has 110 valence electrons. The van der Waals surface area contributed by atoms with Crippen LogP contribution in [-0.2, 0) is 11.3 Å². The highest BCUT2D eigenvalue weighted by Gasteiger charge is 2.08. The van der Waals surface area contributed by atoms with E-state index in [9.17, 15) is 4.79 Å². The van der Waals surface area contributed by atoms with Crippen LogP contribution in [0.15, 0.2) is 36.5 Å². The summed E-state index contributed by atoms with van der Waals surface area (Å²) in [5.74, 6) is 0.379. The van der Waals surface area contributed by atoms with E-state index in [1.807, 2.05) is 11.9 Å². The number of carbonyl (C=O) groups excluding carboxylic acids is 1. The van der Waals surface area contributed by atoms with Gasteiger partial charge in [-0.2, -0.15) is 5.10 Å². The summed E-state index contributed by atoms with van der Waals surface area (Å²) < 4.78 is 0. The lowest BCUT2D eigenvalue weighted by Gasteiger charge is -2.16. The van der Waals surface area contributed by atoms with Crippen molar-refractivity contribution < 1.29 is 4.79 Å². The third-order valence-electron chi connectivity index (χ3n) is 2.99. The van der Waals surface area contributed by atoms with Crippen LogP contribution in [0.5, 0.6) is 0 Å². The number of likely N-dealkylation sites (N-methyl/N-ethyl adjacent to an activating group) is 1. The number of nitrogens with zero attached hydrogens (tertiary/aromatic N) is 3. The van der Waals surface area contributed by atoms with E-state index in [2.05, 4.69) is 47.6 Å². The van der Waals surface area contributed by atoms with Gasteiger partial charge in [-0.25, -0.2) is 0 Å². The summed E-state index contributed by atoms with van der Waals surface area (Å²) in [7, 11) is 1.92. The average Bonchev–Trinajstić information content (AvgIpc) is 2.37. The molecule has 0 spiro atoms. The number of carbonyl (C=O) groups is 1. The Balaban J connectivity index is 1.89. The molecule has 0 aliphatic heterocycles. The van der Waals surface area contributed by atoms with Crippen LogP contribution >= 0.6 is 0 Å². The fraction of sp³-hybridized carbons (Fsp3) is 0.312. The first kappa shape index (κ1) is 15.1. The maximum absolute atomic E-state index is 11.9. The van der Waals surface area contributed by atoms with Crippen LogP contribution in [0.25, 0.3) is 0 Å². The minimum atomic E-state index is -0.0950. The molecule has 0 aliphatic rings. The second-order valence-corrected chi connectivity index (χ2v) is 5.33. The van der Waals surface area contributed by atoms with Crippen molar-refractivity contribution in [2.45, 2.75) is 20.4 Å². The van der Waals surface area contributed by atoms with Crippen LogP contribution in [0, 0.1) is 13.8 Å². The van der Waals surface area contributed by atoms with Crippen LogP contribution in [0.3, 0.4) is 0 Å². The lowest BCUT2D eigenvalue weighted by atomic mass is 10.1. The zero-order chi connectivity index (χ0) is 15.2. The molecular formula is C16H20N4O. The smallest absolute Gasteiger partial charge is 0.239 e. The molecule has 2 rings (SSSR count). The Morgan fingerprint density at radius 1 is 1.24 bits per heavy atom. The summed E-state index contributed by atoms with van der Waals surface area (Å²) in [6, 6.07) is 9.88. The van der Waals surface area contributed by atoms with Crippen LogP contribution < -0.4 is 5.32 Å². The Hall–Kier alpha value is -2.27. The van der Waals surface area contributed by atoms with E-state index in [4.69, 9.17) is 0 Å². The first-order valence-electron chi connectivity index (χ1n) is 6.86. The Morgan fingerprint density at radius 2 is 1.95 bits per heavy atom. The van der Waals surface area contributed by atoms with Gasteiger partial charge in [0.1, 0.15) is 0 Å². The third kappa shape index (κ3) is 4.96. The van der Waals surface area contributed by atoms with Gasteiger partial charge in [0.05, 0.1) is 6.54 Å². The van der Waals surface area contributed by atoms with Gasteiger partial charge in [0.2, 0.25) is 5.91 Å². The van der Waals surface area contributed by atoms with Crippen LogP contribution in [0.4, 0.5) is 5.82 Å². The van der Waals surface area contributed by atoms with Gasteiger partial charge in [-0.15, -0.1) is 5.10 Å². The first-order valence-corrected chi connectivity index (χ1v) is 6.86. The molecule has 0 unspecified atom stereocenters.